The van der Waals surface area contributed by atoms with Crippen molar-refractivity contribution in [1.82, 2.24) is 10.6 Å². The summed E-state index contributed by atoms with van der Waals surface area (Å²) >= 11 is 0. The van der Waals surface area contributed by atoms with Crippen LogP contribution in [0, 0.1) is 0 Å². The van der Waals surface area contributed by atoms with Crippen molar-refractivity contribution in [3.63, 3.8) is 0 Å². The van der Waals surface area contributed by atoms with E-state index in [0.29, 0.717) is 12.0 Å². The Morgan fingerprint density at radius 2 is 1.92 bits per heavy atom. The standard InChI is InChI=1S/C17H21BN4O3/c1-19-17-21-15-9-13(25-2)7-8-14(15)16(22-17)20-10-11-3-5-12(6-4-11)18(23)24/h3-9,17,19,21,23-24H,10H2,1-2H3,(H,20,22). The number of amidine groups is 1. The van der Waals surface area contributed by atoms with E-state index in [9.17, 15) is 0 Å². The Balaban J connectivity index is 1.84. The molecule has 1 heterocycles. The van der Waals surface area contributed by atoms with Crippen molar-refractivity contribution < 1.29 is 14.8 Å². The Morgan fingerprint density at radius 3 is 2.56 bits per heavy atom. The Labute approximate surface area is 146 Å². The van der Waals surface area contributed by atoms with Gasteiger partial charge >= 0.3 is 7.12 Å². The lowest BCUT2D eigenvalue weighted by Crippen LogP contribution is -2.52. The molecule has 0 saturated heterocycles. The number of hydrogen-bond acceptors (Lipinski definition) is 6. The first-order valence-corrected chi connectivity index (χ1v) is 7.99. The molecule has 0 amide bonds. The predicted molar refractivity (Wildman–Crippen MR) is 99.1 cm³/mol. The molecule has 2 aromatic rings. The van der Waals surface area contributed by atoms with Crippen LogP contribution in [0.4, 0.5) is 5.69 Å². The average Bonchev–Trinajstić information content (AvgIpc) is 2.65. The SMILES string of the molecule is CNC1NC(=NCc2ccc(B(O)O)cc2)c2ccc(OC)cc2N1. The summed E-state index contributed by atoms with van der Waals surface area (Å²) in [6.07, 6.45) is -0.134. The quantitative estimate of drug-likeness (QED) is 0.485. The first-order valence-electron chi connectivity index (χ1n) is 7.99. The third-order valence-electron chi connectivity index (χ3n) is 4.05. The van der Waals surface area contributed by atoms with Crippen molar-refractivity contribution >= 4 is 24.1 Å². The van der Waals surface area contributed by atoms with Gasteiger partial charge in [0, 0.05) is 11.6 Å². The van der Waals surface area contributed by atoms with Crippen molar-refractivity contribution in [1.29, 1.82) is 0 Å². The van der Waals surface area contributed by atoms with E-state index in [-0.39, 0.29) is 6.29 Å². The summed E-state index contributed by atoms with van der Waals surface area (Å²) in [4.78, 5) is 4.68. The second kappa shape index (κ2) is 7.56. The number of hydrogen-bond donors (Lipinski definition) is 5. The number of aliphatic imine (C=N–C) groups is 1. The van der Waals surface area contributed by atoms with Crippen molar-refractivity contribution in [3.05, 3.63) is 53.6 Å². The lowest BCUT2D eigenvalue weighted by molar-refractivity contribution is 0.414. The summed E-state index contributed by atoms with van der Waals surface area (Å²) in [7, 11) is 2.04. The van der Waals surface area contributed by atoms with E-state index in [4.69, 9.17) is 14.8 Å². The van der Waals surface area contributed by atoms with Gasteiger partial charge in [-0.2, -0.15) is 0 Å². The molecule has 25 heavy (non-hydrogen) atoms. The zero-order valence-electron chi connectivity index (χ0n) is 14.2. The van der Waals surface area contributed by atoms with E-state index in [2.05, 4.69) is 20.9 Å². The first kappa shape index (κ1) is 17.3. The molecule has 130 valence electrons. The van der Waals surface area contributed by atoms with Crippen LogP contribution in [0.5, 0.6) is 5.75 Å². The van der Waals surface area contributed by atoms with Gasteiger partial charge in [0.15, 0.2) is 6.29 Å². The Hall–Kier alpha value is -2.55. The van der Waals surface area contributed by atoms with E-state index in [1.807, 2.05) is 37.4 Å². The summed E-state index contributed by atoms with van der Waals surface area (Å²) in [5.41, 5.74) is 3.35. The molecule has 0 radical (unpaired) electrons. The van der Waals surface area contributed by atoms with Gasteiger partial charge in [-0.15, -0.1) is 0 Å². The van der Waals surface area contributed by atoms with Gasteiger partial charge in [0.1, 0.15) is 11.6 Å². The van der Waals surface area contributed by atoms with Crippen LogP contribution >= 0.6 is 0 Å². The van der Waals surface area contributed by atoms with Crippen LogP contribution in [-0.4, -0.2) is 43.4 Å². The lowest BCUT2D eigenvalue weighted by atomic mass is 9.80. The van der Waals surface area contributed by atoms with E-state index in [0.717, 1.165) is 28.4 Å². The van der Waals surface area contributed by atoms with E-state index in [1.54, 1.807) is 19.2 Å². The molecule has 1 aliphatic heterocycles. The summed E-state index contributed by atoms with van der Waals surface area (Å²) in [6.45, 7) is 0.478. The van der Waals surface area contributed by atoms with Gasteiger partial charge in [0.05, 0.1) is 19.3 Å². The molecule has 2 aromatic carbocycles. The van der Waals surface area contributed by atoms with Crippen LogP contribution in [0.2, 0.25) is 0 Å². The number of benzene rings is 2. The molecule has 0 fully saturated rings. The van der Waals surface area contributed by atoms with Crippen LogP contribution in [0.15, 0.2) is 47.5 Å². The van der Waals surface area contributed by atoms with Gasteiger partial charge in [-0.3, -0.25) is 10.3 Å². The molecular formula is C17H21BN4O3. The summed E-state index contributed by atoms with van der Waals surface area (Å²) < 4.78 is 5.28. The minimum Gasteiger partial charge on any atom is -0.497 e. The predicted octanol–water partition coefficient (Wildman–Crippen LogP) is -0.160. The molecule has 0 spiro atoms. The number of anilines is 1. The van der Waals surface area contributed by atoms with Crippen LogP contribution < -0.4 is 26.2 Å². The summed E-state index contributed by atoms with van der Waals surface area (Å²) in [5, 5.41) is 28.1. The van der Waals surface area contributed by atoms with Crippen LogP contribution in [0.1, 0.15) is 11.1 Å². The highest BCUT2D eigenvalue weighted by atomic mass is 16.5. The maximum atomic E-state index is 9.15. The minimum absolute atomic E-state index is 0.134. The van der Waals surface area contributed by atoms with Crippen LogP contribution in [0.3, 0.4) is 0 Å². The molecule has 3 rings (SSSR count). The van der Waals surface area contributed by atoms with Crippen molar-refractivity contribution in [2.45, 2.75) is 12.8 Å². The minimum atomic E-state index is -1.45. The number of methoxy groups -OCH3 is 1. The first-order chi connectivity index (χ1) is 12.1. The van der Waals surface area contributed by atoms with Gasteiger partial charge < -0.3 is 25.4 Å². The van der Waals surface area contributed by atoms with Gasteiger partial charge in [-0.1, -0.05) is 24.3 Å². The van der Waals surface area contributed by atoms with Crippen LogP contribution in [0.25, 0.3) is 0 Å². The molecule has 1 unspecified atom stereocenters. The maximum Gasteiger partial charge on any atom is 0.488 e. The fourth-order valence-corrected chi connectivity index (χ4v) is 2.62. The molecule has 0 aliphatic carbocycles. The monoisotopic (exact) mass is 340 g/mol. The van der Waals surface area contributed by atoms with Crippen molar-refractivity contribution in [2.75, 3.05) is 19.5 Å². The molecular weight excluding hydrogens is 319 g/mol. The number of rotatable bonds is 5. The summed E-state index contributed by atoms with van der Waals surface area (Å²) in [6, 6.07) is 12.8. The normalized spacial score (nSPS) is 17.4. The highest BCUT2D eigenvalue weighted by molar-refractivity contribution is 6.58. The molecule has 0 bridgehead atoms. The van der Waals surface area contributed by atoms with Crippen molar-refractivity contribution in [3.8, 4) is 5.75 Å². The van der Waals surface area contributed by atoms with E-state index < -0.39 is 7.12 Å². The third kappa shape index (κ3) is 3.93. The average molecular weight is 340 g/mol. The lowest BCUT2D eigenvalue weighted by Gasteiger charge is -2.30. The number of nitrogens with one attached hydrogen (secondary N) is 3. The Kier molecular flexibility index (Phi) is 5.23. The Morgan fingerprint density at radius 1 is 1.16 bits per heavy atom. The molecule has 8 heteroatoms. The second-order valence-electron chi connectivity index (χ2n) is 5.70. The zero-order valence-corrected chi connectivity index (χ0v) is 14.2. The largest absolute Gasteiger partial charge is 0.497 e. The third-order valence-corrected chi connectivity index (χ3v) is 4.05. The molecule has 5 N–H and O–H groups in total. The zero-order chi connectivity index (χ0) is 17.8. The highest BCUT2D eigenvalue weighted by Crippen LogP contribution is 2.25. The number of fused-ring (bicyclic) bond motifs is 1. The summed E-state index contributed by atoms with van der Waals surface area (Å²) in [5.74, 6) is 1.56. The maximum absolute atomic E-state index is 9.15. The second-order valence-corrected chi connectivity index (χ2v) is 5.70. The van der Waals surface area contributed by atoms with Gasteiger partial charge in [0.2, 0.25) is 0 Å². The topological polar surface area (TPSA) is 98.1 Å². The van der Waals surface area contributed by atoms with Crippen molar-refractivity contribution in [2.24, 2.45) is 4.99 Å². The van der Waals surface area contributed by atoms with Gasteiger partial charge in [0.25, 0.3) is 0 Å². The van der Waals surface area contributed by atoms with E-state index >= 15 is 0 Å². The van der Waals surface area contributed by atoms with Gasteiger partial charge in [-0.25, -0.2) is 0 Å². The number of ether oxygens (including phenoxy) is 1. The molecule has 0 saturated carbocycles. The molecule has 1 aliphatic rings. The fourth-order valence-electron chi connectivity index (χ4n) is 2.62. The highest BCUT2D eigenvalue weighted by Gasteiger charge is 2.21. The molecule has 7 nitrogen and oxygen atoms in total. The number of nitrogens with zero attached hydrogens (tertiary/aromatic N) is 1. The molecule has 1 atom stereocenters. The Bertz CT molecular complexity index is 765. The van der Waals surface area contributed by atoms with E-state index in [1.165, 1.54) is 0 Å². The molecule has 0 aromatic heterocycles. The van der Waals surface area contributed by atoms with Gasteiger partial charge in [-0.05, 0) is 30.2 Å². The smallest absolute Gasteiger partial charge is 0.488 e. The fraction of sp³-hybridized carbons (Fsp3) is 0.235. The van der Waals surface area contributed by atoms with Crippen LogP contribution in [-0.2, 0) is 6.54 Å².